The summed E-state index contributed by atoms with van der Waals surface area (Å²) < 4.78 is 5.92. The molecular formula is C32H44N4O3S. The quantitative estimate of drug-likeness (QED) is 0.279. The highest BCUT2D eigenvalue weighted by Crippen LogP contribution is 2.17. The Bertz CT molecular complexity index is 1180. The molecule has 2 unspecified atom stereocenters. The number of hydrogen-bond acceptors (Lipinski definition) is 6. The number of likely N-dealkylation sites (N-methyl/N-ethyl adjacent to an activating group) is 1. The minimum Gasteiger partial charge on any atom is -0.489 e. The van der Waals surface area contributed by atoms with Crippen molar-refractivity contribution >= 4 is 23.2 Å². The number of ether oxygens (including phenoxy) is 1. The summed E-state index contributed by atoms with van der Waals surface area (Å²) in [4.78, 5) is 33.6. The topological polar surface area (TPSA) is 83.6 Å². The van der Waals surface area contributed by atoms with E-state index in [1.165, 1.54) is 11.3 Å². The van der Waals surface area contributed by atoms with Crippen molar-refractivity contribution in [3.05, 3.63) is 82.3 Å². The Morgan fingerprint density at radius 2 is 1.68 bits per heavy atom. The second-order valence-corrected chi connectivity index (χ2v) is 12.5. The monoisotopic (exact) mass is 564 g/mol. The van der Waals surface area contributed by atoms with Crippen molar-refractivity contribution in [1.82, 2.24) is 20.5 Å². The first-order valence-corrected chi connectivity index (χ1v) is 14.9. The number of amides is 2. The van der Waals surface area contributed by atoms with E-state index < -0.39 is 17.6 Å². The van der Waals surface area contributed by atoms with E-state index in [-0.39, 0.29) is 11.8 Å². The van der Waals surface area contributed by atoms with E-state index in [1.54, 1.807) is 5.51 Å². The summed E-state index contributed by atoms with van der Waals surface area (Å²) in [7, 11) is 1.97. The van der Waals surface area contributed by atoms with E-state index in [9.17, 15) is 9.59 Å². The number of hydrogen-bond donors (Lipinski definition) is 2. The van der Waals surface area contributed by atoms with Gasteiger partial charge in [-0.15, -0.1) is 11.3 Å². The fourth-order valence-electron chi connectivity index (χ4n) is 4.24. The molecule has 3 rings (SSSR count). The maximum Gasteiger partial charge on any atom is 0.243 e. The van der Waals surface area contributed by atoms with Gasteiger partial charge >= 0.3 is 0 Å². The standard InChI is InChI=1S/C32H44N4O3S/c1-23(2)16-17-36(6)29(19-26-21-40-22-33-26)31(38)34-28(30(37)35-32(3,4)5)18-24-12-14-27(15-13-24)39-20-25-10-8-7-9-11-25/h7-15,21-23,28-29H,16-20H2,1-6H3,(H,34,38)(H,35,37). The van der Waals surface area contributed by atoms with Crippen LogP contribution >= 0.6 is 11.3 Å². The molecular weight excluding hydrogens is 520 g/mol. The number of carbonyl (C=O) groups excluding carboxylic acids is 2. The molecule has 0 fully saturated rings. The lowest BCUT2D eigenvalue weighted by Crippen LogP contribution is -2.57. The van der Waals surface area contributed by atoms with Crippen LogP contribution < -0.4 is 15.4 Å². The molecule has 0 spiro atoms. The first-order valence-electron chi connectivity index (χ1n) is 14.0. The molecule has 2 aromatic carbocycles. The van der Waals surface area contributed by atoms with Crippen molar-refractivity contribution < 1.29 is 14.3 Å². The first kappa shape index (κ1) is 31.3. The molecule has 0 saturated heterocycles. The molecule has 0 saturated carbocycles. The lowest BCUT2D eigenvalue weighted by Gasteiger charge is -2.30. The van der Waals surface area contributed by atoms with Crippen LogP contribution in [0.15, 0.2) is 65.5 Å². The van der Waals surface area contributed by atoms with E-state index in [2.05, 4.69) is 34.4 Å². The third-order valence-corrected chi connectivity index (χ3v) is 7.16. The fraction of sp³-hybridized carbons (Fsp3) is 0.469. The van der Waals surface area contributed by atoms with E-state index >= 15 is 0 Å². The summed E-state index contributed by atoms with van der Waals surface area (Å²) in [6.45, 7) is 11.4. The summed E-state index contributed by atoms with van der Waals surface area (Å²) >= 11 is 1.52. The van der Waals surface area contributed by atoms with Crippen LogP contribution in [0.5, 0.6) is 5.75 Å². The zero-order valence-electron chi connectivity index (χ0n) is 24.6. The fourth-order valence-corrected chi connectivity index (χ4v) is 4.81. The van der Waals surface area contributed by atoms with Gasteiger partial charge in [0.25, 0.3) is 0 Å². The van der Waals surface area contributed by atoms with Crippen LogP contribution in [0.25, 0.3) is 0 Å². The lowest BCUT2D eigenvalue weighted by atomic mass is 10.0. The zero-order chi connectivity index (χ0) is 29.1. The van der Waals surface area contributed by atoms with E-state index in [4.69, 9.17) is 4.74 Å². The van der Waals surface area contributed by atoms with Gasteiger partial charge < -0.3 is 15.4 Å². The number of carbonyl (C=O) groups is 2. The predicted octanol–water partition coefficient (Wildman–Crippen LogP) is 5.25. The molecule has 7 nitrogen and oxygen atoms in total. The molecule has 2 N–H and O–H groups in total. The van der Waals surface area contributed by atoms with Crippen molar-refractivity contribution in [2.45, 2.75) is 78.1 Å². The molecule has 3 aromatic rings. The van der Waals surface area contributed by atoms with E-state index in [0.717, 1.165) is 35.5 Å². The van der Waals surface area contributed by atoms with Gasteiger partial charge in [-0.25, -0.2) is 4.98 Å². The Kier molecular flexibility index (Phi) is 11.7. The molecule has 216 valence electrons. The van der Waals surface area contributed by atoms with Crippen molar-refractivity contribution in [1.29, 1.82) is 0 Å². The van der Waals surface area contributed by atoms with Crippen molar-refractivity contribution in [2.24, 2.45) is 5.92 Å². The highest BCUT2D eigenvalue weighted by atomic mass is 32.1. The van der Waals surface area contributed by atoms with Crippen LogP contribution in [-0.4, -0.2) is 52.9 Å². The summed E-state index contributed by atoms with van der Waals surface area (Å²) in [5.74, 6) is 0.899. The van der Waals surface area contributed by atoms with E-state index in [1.807, 2.05) is 87.8 Å². The number of nitrogens with zero attached hydrogens (tertiary/aromatic N) is 2. The molecule has 1 heterocycles. The van der Waals surface area contributed by atoms with Crippen molar-refractivity contribution in [2.75, 3.05) is 13.6 Å². The van der Waals surface area contributed by atoms with Gasteiger partial charge in [0.05, 0.1) is 17.2 Å². The number of benzene rings is 2. The van der Waals surface area contributed by atoms with Gasteiger partial charge in [0.1, 0.15) is 18.4 Å². The lowest BCUT2D eigenvalue weighted by molar-refractivity contribution is -0.132. The Hall–Kier alpha value is -3.23. The molecule has 0 aliphatic rings. The van der Waals surface area contributed by atoms with Gasteiger partial charge in [-0.2, -0.15) is 0 Å². The summed E-state index contributed by atoms with van der Waals surface area (Å²) in [6, 6.07) is 16.6. The predicted molar refractivity (Wildman–Crippen MR) is 162 cm³/mol. The Labute approximate surface area is 243 Å². The third kappa shape index (κ3) is 10.7. The molecule has 0 radical (unpaired) electrons. The maximum atomic E-state index is 13.7. The molecule has 1 aromatic heterocycles. The number of nitrogens with one attached hydrogen (secondary N) is 2. The second kappa shape index (κ2) is 15.0. The van der Waals surface area contributed by atoms with Crippen LogP contribution in [0.3, 0.4) is 0 Å². The average Bonchev–Trinajstić information content (AvgIpc) is 3.42. The van der Waals surface area contributed by atoms with Gasteiger partial charge in [0, 0.05) is 23.8 Å². The SMILES string of the molecule is CC(C)CCN(C)C(Cc1cscn1)C(=O)NC(Cc1ccc(OCc2ccccc2)cc1)C(=O)NC(C)(C)C. The van der Waals surface area contributed by atoms with Gasteiger partial charge in [0.2, 0.25) is 11.8 Å². The van der Waals surface area contributed by atoms with Crippen molar-refractivity contribution in [3.8, 4) is 5.75 Å². The summed E-state index contributed by atoms with van der Waals surface area (Å²) in [5, 5.41) is 8.10. The van der Waals surface area contributed by atoms with Crippen LogP contribution in [0.2, 0.25) is 0 Å². The zero-order valence-corrected chi connectivity index (χ0v) is 25.5. The molecule has 8 heteroatoms. The number of rotatable bonds is 14. The number of aromatic nitrogens is 1. The van der Waals surface area contributed by atoms with Crippen LogP contribution in [-0.2, 0) is 29.0 Å². The average molecular weight is 565 g/mol. The highest BCUT2D eigenvalue weighted by molar-refractivity contribution is 7.07. The Morgan fingerprint density at radius 1 is 0.975 bits per heavy atom. The summed E-state index contributed by atoms with van der Waals surface area (Å²) in [6.07, 6.45) is 1.83. The largest absolute Gasteiger partial charge is 0.489 e. The molecule has 2 atom stereocenters. The Morgan fingerprint density at radius 3 is 2.27 bits per heavy atom. The van der Waals surface area contributed by atoms with Gasteiger partial charge in [-0.1, -0.05) is 56.3 Å². The van der Waals surface area contributed by atoms with Crippen molar-refractivity contribution in [3.63, 3.8) is 0 Å². The minimum absolute atomic E-state index is 0.170. The third-order valence-electron chi connectivity index (χ3n) is 6.52. The van der Waals surface area contributed by atoms with Gasteiger partial charge in [-0.05, 0) is 70.0 Å². The highest BCUT2D eigenvalue weighted by Gasteiger charge is 2.30. The molecule has 0 aliphatic heterocycles. The second-order valence-electron chi connectivity index (χ2n) is 11.8. The van der Waals surface area contributed by atoms with Crippen LogP contribution in [0.4, 0.5) is 0 Å². The normalized spacial score (nSPS) is 13.2. The van der Waals surface area contributed by atoms with Crippen LogP contribution in [0, 0.1) is 5.92 Å². The molecule has 2 amide bonds. The maximum absolute atomic E-state index is 13.7. The Balaban J connectivity index is 1.73. The van der Waals surface area contributed by atoms with Crippen LogP contribution in [0.1, 0.15) is 57.9 Å². The summed E-state index contributed by atoms with van der Waals surface area (Å²) in [5.41, 5.74) is 4.27. The van der Waals surface area contributed by atoms with E-state index in [0.29, 0.717) is 25.4 Å². The first-order chi connectivity index (χ1) is 19.0. The van der Waals surface area contributed by atoms with Gasteiger partial charge in [0.15, 0.2) is 0 Å². The number of thiazole rings is 1. The minimum atomic E-state index is -0.723. The van der Waals surface area contributed by atoms with Gasteiger partial charge in [-0.3, -0.25) is 14.5 Å². The molecule has 0 bridgehead atoms. The molecule has 40 heavy (non-hydrogen) atoms. The smallest absolute Gasteiger partial charge is 0.243 e. The molecule has 0 aliphatic carbocycles.